The smallest absolute Gasteiger partial charge is 0.244 e. The zero-order valence-electron chi connectivity index (χ0n) is 18.5. The first-order valence-corrected chi connectivity index (χ1v) is 10.7. The monoisotopic (exact) mass is 438 g/mol. The van der Waals surface area contributed by atoms with E-state index in [9.17, 15) is 9.18 Å². The summed E-state index contributed by atoms with van der Waals surface area (Å²) in [5.41, 5.74) is 1.94. The number of likely N-dealkylation sites (tertiary alicyclic amines) is 1. The van der Waals surface area contributed by atoms with E-state index in [0.29, 0.717) is 28.7 Å². The van der Waals surface area contributed by atoms with Crippen LogP contribution >= 0.6 is 0 Å². The molecule has 1 aromatic heterocycles. The number of ether oxygens (including phenoxy) is 1. The van der Waals surface area contributed by atoms with E-state index in [0.717, 1.165) is 31.5 Å². The van der Waals surface area contributed by atoms with Crippen LogP contribution in [-0.2, 0) is 4.79 Å². The van der Waals surface area contributed by atoms with Crippen molar-refractivity contribution in [2.45, 2.75) is 32.7 Å². The van der Waals surface area contributed by atoms with Gasteiger partial charge in [-0.15, -0.1) is 0 Å². The van der Waals surface area contributed by atoms with Crippen molar-refractivity contribution in [3.63, 3.8) is 0 Å². The molecule has 3 aromatic rings. The molecule has 1 fully saturated rings. The summed E-state index contributed by atoms with van der Waals surface area (Å²) in [6.45, 7) is 5.22. The van der Waals surface area contributed by atoms with Crippen LogP contribution in [0.25, 0.3) is 11.4 Å². The number of halogens is 1. The summed E-state index contributed by atoms with van der Waals surface area (Å²) < 4.78 is 24.3. The molecule has 1 saturated heterocycles. The lowest BCUT2D eigenvalue weighted by Gasteiger charge is -2.33. The van der Waals surface area contributed by atoms with Gasteiger partial charge in [0.15, 0.2) is 0 Å². The third kappa shape index (κ3) is 4.65. The Labute approximate surface area is 186 Å². The van der Waals surface area contributed by atoms with E-state index in [1.807, 2.05) is 31.2 Å². The number of amides is 1. The number of aromatic nitrogens is 2. The molecule has 2 aromatic carbocycles. The Morgan fingerprint density at radius 3 is 2.72 bits per heavy atom. The van der Waals surface area contributed by atoms with Crippen molar-refractivity contribution in [2.24, 2.45) is 5.92 Å². The van der Waals surface area contributed by atoms with Gasteiger partial charge in [0.1, 0.15) is 11.6 Å². The zero-order valence-corrected chi connectivity index (χ0v) is 18.5. The van der Waals surface area contributed by atoms with Crippen LogP contribution in [0.4, 0.5) is 10.1 Å². The number of hydrogen-bond acceptors (Lipinski definition) is 6. The Morgan fingerprint density at radius 2 is 2.00 bits per heavy atom. The molecule has 1 unspecified atom stereocenters. The number of anilines is 1. The lowest BCUT2D eigenvalue weighted by Crippen LogP contribution is -2.39. The Morgan fingerprint density at radius 1 is 1.25 bits per heavy atom. The van der Waals surface area contributed by atoms with Crippen molar-refractivity contribution >= 4 is 11.6 Å². The predicted octanol–water partition coefficient (Wildman–Crippen LogP) is 4.60. The highest BCUT2D eigenvalue weighted by Crippen LogP contribution is 2.29. The van der Waals surface area contributed by atoms with E-state index in [1.165, 1.54) is 6.07 Å². The van der Waals surface area contributed by atoms with Gasteiger partial charge >= 0.3 is 0 Å². The molecule has 1 N–H and O–H groups in total. The quantitative estimate of drug-likeness (QED) is 0.606. The molecule has 1 amide bonds. The largest absolute Gasteiger partial charge is 0.495 e. The van der Waals surface area contributed by atoms with Crippen molar-refractivity contribution < 1.29 is 18.4 Å². The maximum absolute atomic E-state index is 13.5. The first-order chi connectivity index (χ1) is 15.5. The number of benzene rings is 2. The van der Waals surface area contributed by atoms with Gasteiger partial charge in [0.2, 0.25) is 17.6 Å². The highest BCUT2D eigenvalue weighted by atomic mass is 19.1. The summed E-state index contributed by atoms with van der Waals surface area (Å²) in [4.78, 5) is 19.5. The van der Waals surface area contributed by atoms with Crippen molar-refractivity contribution in [1.82, 2.24) is 15.0 Å². The van der Waals surface area contributed by atoms with Gasteiger partial charge in [0.05, 0.1) is 18.8 Å². The summed E-state index contributed by atoms with van der Waals surface area (Å²) in [5, 5.41) is 7.06. The van der Waals surface area contributed by atoms with E-state index in [-0.39, 0.29) is 23.7 Å². The Bertz CT molecular complexity index is 1090. The fraction of sp³-hybridized carbons (Fsp3) is 0.375. The van der Waals surface area contributed by atoms with Crippen molar-refractivity contribution in [1.29, 1.82) is 0 Å². The summed E-state index contributed by atoms with van der Waals surface area (Å²) in [7, 11) is 1.59. The van der Waals surface area contributed by atoms with Crippen LogP contribution in [0.1, 0.15) is 37.3 Å². The molecule has 0 radical (unpaired) electrons. The third-order valence-corrected chi connectivity index (χ3v) is 6.03. The molecule has 7 nitrogen and oxygen atoms in total. The van der Waals surface area contributed by atoms with Crippen molar-refractivity contribution in [2.75, 3.05) is 25.5 Å². The van der Waals surface area contributed by atoms with E-state index in [2.05, 4.69) is 20.4 Å². The Balaban J connectivity index is 1.35. The molecule has 2 heterocycles. The number of carbonyl (C=O) groups is 1. The van der Waals surface area contributed by atoms with E-state index < -0.39 is 0 Å². The standard InChI is InChI=1S/C24H27FN4O3/c1-15-14-18(8-9-19(15)25)22-27-24(32-28-22)16(2)29-12-10-17(11-13-29)23(30)26-20-6-4-5-7-21(20)31-3/h4-9,14,16-17H,10-13H2,1-3H3,(H,26,30). The minimum atomic E-state index is -0.261. The van der Waals surface area contributed by atoms with Gasteiger partial charge in [0, 0.05) is 11.5 Å². The van der Waals surface area contributed by atoms with Gasteiger partial charge in [-0.1, -0.05) is 17.3 Å². The first kappa shape index (κ1) is 22.0. The summed E-state index contributed by atoms with van der Waals surface area (Å²) in [5.74, 6) is 1.29. The van der Waals surface area contributed by atoms with Crippen LogP contribution in [0.2, 0.25) is 0 Å². The van der Waals surface area contributed by atoms with Crippen LogP contribution in [-0.4, -0.2) is 41.1 Å². The number of para-hydroxylation sites is 2. The second-order valence-corrected chi connectivity index (χ2v) is 8.10. The molecule has 0 spiro atoms. The minimum absolute atomic E-state index is 0.00793. The number of aryl methyl sites for hydroxylation is 1. The second kappa shape index (κ2) is 9.48. The summed E-state index contributed by atoms with van der Waals surface area (Å²) in [6, 6.07) is 12.1. The maximum atomic E-state index is 13.5. The Kier molecular flexibility index (Phi) is 6.50. The summed E-state index contributed by atoms with van der Waals surface area (Å²) >= 11 is 0. The fourth-order valence-corrected chi connectivity index (χ4v) is 3.99. The molecule has 168 valence electrons. The molecule has 8 heteroatoms. The Hall–Kier alpha value is -3.26. The predicted molar refractivity (Wildman–Crippen MR) is 119 cm³/mol. The number of hydrogen-bond donors (Lipinski definition) is 1. The van der Waals surface area contributed by atoms with Gasteiger partial charge in [-0.25, -0.2) is 4.39 Å². The SMILES string of the molecule is COc1ccccc1NC(=O)C1CCN(C(C)c2nc(-c3ccc(F)c(C)c3)no2)CC1. The number of rotatable bonds is 6. The number of nitrogens with zero attached hydrogens (tertiary/aromatic N) is 3. The molecule has 0 aliphatic carbocycles. The third-order valence-electron chi connectivity index (χ3n) is 6.03. The molecule has 4 rings (SSSR count). The van der Waals surface area contributed by atoms with Crippen LogP contribution in [0, 0.1) is 18.7 Å². The molecule has 32 heavy (non-hydrogen) atoms. The molecule has 1 aliphatic heterocycles. The molecule has 1 aliphatic rings. The lowest BCUT2D eigenvalue weighted by molar-refractivity contribution is -0.121. The number of piperidine rings is 1. The molecule has 0 saturated carbocycles. The topological polar surface area (TPSA) is 80.5 Å². The first-order valence-electron chi connectivity index (χ1n) is 10.7. The second-order valence-electron chi connectivity index (χ2n) is 8.10. The van der Waals surface area contributed by atoms with E-state index >= 15 is 0 Å². The molecule has 0 bridgehead atoms. The summed E-state index contributed by atoms with van der Waals surface area (Å²) in [6.07, 6.45) is 1.48. The lowest BCUT2D eigenvalue weighted by atomic mass is 9.95. The fourth-order valence-electron chi connectivity index (χ4n) is 3.99. The van der Waals surface area contributed by atoms with Crippen LogP contribution < -0.4 is 10.1 Å². The number of methoxy groups -OCH3 is 1. The van der Waals surface area contributed by atoms with Gasteiger partial charge < -0.3 is 14.6 Å². The van der Waals surface area contributed by atoms with Crippen LogP contribution in [0.3, 0.4) is 0 Å². The normalized spacial score (nSPS) is 16.0. The van der Waals surface area contributed by atoms with Crippen molar-refractivity contribution in [3.05, 3.63) is 59.7 Å². The minimum Gasteiger partial charge on any atom is -0.495 e. The molecule has 1 atom stereocenters. The highest BCUT2D eigenvalue weighted by Gasteiger charge is 2.30. The van der Waals surface area contributed by atoms with E-state index in [4.69, 9.17) is 9.26 Å². The molecular weight excluding hydrogens is 411 g/mol. The van der Waals surface area contributed by atoms with Crippen molar-refractivity contribution in [3.8, 4) is 17.1 Å². The van der Waals surface area contributed by atoms with E-state index in [1.54, 1.807) is 26.2 Å². The van der Waals surface area contributed by atoms with Crippen LogP contribution in [0.5, 0.6) is 5.75 Å². The van der Waals surface area contributed by atoms with Gasteiger partial charge in [0.25, 0.3) is 0 Å². The number of carbonyl (C=O) groups excluding carboxylic acids is 1. The zero-order chi connectivity index (χ0) is 22.7. The average molecular weight is 439 g/mol. The van der Waals surface area contributed by atoms with Gasteiger partial charge in [-0.2, -0.15) is 4.98 Å². The number of nitrogens with one attached hydrogen (secondary N) is 1. The molecular formula is C24H27FN4O3. The maximum Gasteiger partial charge on any atom is 0.244 e. The van der Waals surface area contributed by atoms with Gasteiger partial charge in [-0.3, -0.25) is 9.69 Å². The highest BCUT2D eigenvalue weighted by molar-refractivity contribution is 5.94. The average Bonchev–Trinajstić information content (AvgIpc) is 3.31. The van der Waals surface area contributed by atoms with Crippen LogP contribution in [0.15, 0.2) is 47.0 Å². The van der Waals surface area contributed by atoms with Gasteiger partial charge in [-0.05, 0) is 75.7 Å².